The van der Waals surface area contributed by atoms with Crippen LogP contribution >= 0.6 is 0 Å². The first-order chi connectivity index (χ1) is 10.3. The second-order valence-electron chi connectivity index (χ2n) is 6.04. The fourth-order valence-corrected chi connectivity index (χ4v) is 3.11. The summed E-state index contributed by atoms with van der Waals surface area (Å²) in [6.45, 7) is 0.0392. The van der Waals surface area contributed by atoms with E-state index in [2.05, 4.69) is 10.3 Å². The summed E-state index contributed by atoms with van der Waals surface area (Å²) in [4.78, 5) is 16.0. The Hall–Kier alpha value is -1.42. The van der Waals surface area contributed by atoms with E-state index in [1.54, 1.807) is 12.4 Å². The van der Waals surface area contributed by atoms with Gasteiger partial charge < -0.3 is 10.4 Å². The molecule has 1 amide bonds. The number of aliphatic hydroxyl groups excluding tert-OH is 1. The zero-order chi connectivity index (χ0) is 14.9. The Balaban J connectivity index is 1.71. The molecule has 0 saturated heterocycles. The normalized spacial score (nSPS) is 17.4. The lowest BCUT2D eigenvalue weighted by Crippen LogP contribution is -2.39. The van der Waals surface area contributed by atoms with Crippen LogP contribution in [0.2, 0.25) is 0 Å². The largest absolute Gasteiger partial charge is 0.394 e. The van der Waals surface area contributed by atoms with E-state index < -0.39 is 0 Å². The first-order valence-corrected chi connectivity index (χ1v) is 8.07. The fourth-order valence-electron chi connectivity index (χ4n) is 3.11. The molecule has 4 nitrogen and oxygen atoms in total. The van der Waals surface area contributed by atoms with Gasteiger partial charge in [0.2, 0.25) is 5.91 Å². The summed E-state index contributed by atoms with van der Waals surface area (Å²) < 4.78 is 0. The second-order valence-corrected chi connectivity index (χ2v) is 6.04. The standard InChI is InChI=1S/C17H26N2O2/c20-13-16(12-15-4-2-1-3-5-15)19-17(21)7-6-14-8-10-18-11-9-14/h8-11,15-16,20H,1-7,12-13H2,(H,19,21). The number of aromatic nitrogens is 1. The van der Waals surface area contributed by atoms with Gasteiger partial charge in [0.1, 0.15) is 0 Å². The highest BCUT2D eigenvalue weighted by molar-refractivity contribution is 5.76. The van der Waals surface area contributed by atoms with E-state index >= 15 is 0 Å². The summed E-state index contributed by atoms with van der Waals surface area (Å²) in [5.74, 6) is 0.693. The predicted octanol–water partition coefficient (Wildman–Crippen LogP) is 2.46. The van der Waals surface area contributed by atoms with Gasteiger partial charge in [-0.15, -0.1) is 0 Å². The molecule has 1 heterocycles. The van der Waals surface area contributed by atoms with Gasteiger partial charge in [0, 0.05) is 18.8 Å². The number of aryl methyl sites for hydroxylation is 1. The molecule has 0 spiro atoms. The quantitative estimate of drug-likeness (QED) is 0.811. The first kappa shape index (κ1) is 16.0. The molecule has 1 saturated carbocycles. The first-order valence-electron chi connectivity index (χ1n) is 8.07. The van der Waals surface area contributed by atoms with Gasteiger partial charge in [-0.1, -0.05) is 32.1 Å². The number of nitrogens with zero attached hydrogens (tertiary/aromatic N) is 1. The van der Waals surface area contributed by atoms with E-state index in [-0.39, 0.29) is 18.6 Å². The van der Waals surface area contributed by atoms with E-state index in [4.69, 9.17) is 0 Å². The third-order valence-electron chi connectivity index (χ3n) is 4.32. The van der Waals surface area contributed by atoms with Crippen LogP contribution in [0, 0.1) is 5.92 Å². The van der Waals surface area contributed by atoms with E-state index in [1.165, 1.54) is 32.1 Å². The maximum atomic E-state index is 12.0. The molecule has 0 radical (unpaired) electrons. The number of rotatable bonds is 7. The van der Waals surface area contributed by atoms with Crippen molar-refractivity contribution in [2.24, 2.45) is 5.92 Å². The Labute approximate surface area is 127 Å². The average Bonchev–Trinajstić information content (AvgIpc) is 2.54. The summed E-state index contributed by atoms with van der Waals surface area (Å²) in [5.41, 5.74) is 1.12. The number of aliphatic hydroxyl groups is 1. The average molecular weight is 290 g/mol. The van der Waals surface area contributed by atoms with Crippen molar-refractivity contribution in [3.8, 4) is 0 Å². The monoisotopic (exact) mass is 290 g/mol. The Morgan fingerprint density at radius 2 is 2.00 bits per heavy atom. The maximum Gasteiger partial charge on any atom is 0.220 e. The number of pyridine rings is 1. The molecule has 0 aliphatic heterocycles. The number of hydrogen-bond acceptors (Lipinski definition) is 3. The minimum Gasteiger partial charge on any atom is -0.394 e. The van der Waals surface area contributed by atoms with Crippen molar-refractivity contribution in [3.63, 3.8) is 0 Å². The molecule has 1 fully saturated rings. The molecule has 0 bridgehead atoms. The van der Waals surface area contributed by atoms with Crippen molar-refractivity contribution in [1.82, 2.24) is 10.3 Å². The highest BCUT2D eigenvalue weighted by atomic mass is 16.3. The molecule has 2 rings (SSSR count). The van der Waals surface area contributed by atoms with E-state index in [1.807, 2.05) is 12.1 Å². The Morgan fingerprint density at radius 3 is 2.67 bits per heavy atom. The molecular weight excluding hydrogens is 264 g/mol. The minimum absolute atomic E-state index is 0.0293. The number of nitrogens with one attached hydrogen (secondary N) is 1. The van der Waals surface area contributed by atoms with Crippen LogP contribution in [0.1, 0.15) is 50.5 Å². The zero-order valence-corrected chi connectivity index (χ0v) is 12.6. The van der Waals surface area contributed by atoms with E-state index in [0.29, 0.717) is 12.3 Å². The lowest BCUT2D eigenvalue weighted by Gasteiger charge is -2.26. The van der Waals surface area contributed by atoms with Gasteiger partial charge >= 0.3 is 0 Å². The van der Waals surface area contributed by atoms with Gasteiger partial charge in [-0.05, 0) is 36.5 Å². The third-order valence-corrected chi connectivity index (χ3v) is 4.32. The topological polar surface area (TPSA) is 62.2 Å². The Kier molecular flexibility index (Phi) is 6.67. The lowest BCUT2D eigenvalue weighted by atomic mass is 9.85. The summed E-state index contributed by atoms with van der Waals surface area (Å²) in [6.07, 6.45) is 12.0. The van der Waals surface area contributed by atoms with Crippen molar-refractivity contribution >= 4 is 5.91 Å². The van der Waals surface area contributed by atoms with Crippen LogP contribution < -0.4 is 5.32 Å². The van der Waals surface area contributed by atoms with Crippen molar-refractivity contribution in [1.29, 1.82) is 0 Å². The van der Waals surface area contributed by atoms with Gasteiger partial charge in [-0.25, -0.2) is 0 Å². The molecule has 1 aromatic rings. The van der Waals surface area contributed by atoms with Crippen molar-refractivity contribution in [3.05, 3.63) is 30.1 Å². The van der Waals surface area contributed by atoms with Gasteiger partial charge in [0.25, 0.3) is 0 Å². The van der Waals surface area contributed by atoms with Gasteiger partial charge in [0.05, 0.1) is 12.6 Å². The second kappa shape index (κ2) is 8.78. The van der Waals surface area contributed by atoms with Crippen LogP contribution in [0.25, 0.3) is 0 Å². The summed E-state index contributed by atoms with van der Waals surface area (Å²) >= 11 is 0. The SMILES string of the molecule is O=C(CCc1ccncc1)NC(CO)CC1CCCCC1. The van der Waals surface area contributed by atoms with Gasteiger partial charge in [-0.2, -0.15) is 0 Å². The van der Waals surface area contributed by atoms with Crippen LogP contribution in [-0.4, -0.2) is 28.6 Å². The van der Waals surface area contributed by atoms with Gasteiger partial charge in [0.15, 0.2) is 0 Å². The molecule has 0 aromatic carbocycles. The molecule has 2 N–H and O–H groups in total. The van der Waals surface area contributed by atoms with Crippen molar-refractivity contribution in [2.45, 2.75) is 57.4 Å². The van der Waals surface area contributed by atoms with Crippen LogP contribution in [0.4, 0.5) is 0 Å². The molecule has 1 aliphatic carbocycles. The minimum atomic E-state index is -0.0851. The van der Waals surface area contributed by atoms with Crippen LogP contribution in [0.5, 0.6) is 0 Å². The van der Waals surface area contributed by atoms with Gasteiger partial charge in [-0.3, -0.25) is 9.78 Å². The molecule has 21 heavy (non-hydrogen) atoms. The summed E-state index contributed by atoms with van der Waals surface area (Å²) in [7, 11) is 0. The highest BCUT2D eigenvalue weighted by Gasteiger charge is 2.19. The number of carbonyl (C=O) groups excluding carboxylic acids is 1. The predicted molar refractivity (Wildman–Crippen MR) is 82.8 cm³/mol. The number of hydrogen-bond donors (Lipinski definition) is 2. The lowest BCUT2D eigenvalue weighted by molar-refractivity contribution is -0.122. The van der Waals surface area contributed by atoms with Crippen LogP contribution in [0.15, 0.2) is 24.5 Å². The molecule has 1 aromatic heterocycles. The number of carbonyl (C=O) groups is 1. The van der Waals surface area contributed by atoms with Crippen LogP contribution in [0.3, 0.4) is 0 Å². The third kappa shape index (κ3) is 5.84. The molecule has 1 aliphatic rings. The highest BCUT2D eigenvalue weighted by Crippen LogP contribution is 2.27. The van der Waals surface area contributed by atoms with Crippen molar-refractivity contribution in [2.75, 3.05) is 6.61 Å². The van der Waals surface area contributed by atoms with Crippen LogP contribution in [-0.2, 0) is 11.2 Å². The van der Waals surface area contributed by atoms with Crippen molar-refractivity contribution < 1.29 is 9.90 Å². The number of amides is 1. The zero-order valence-electron chi connectivity index (χ0n) is 12.6. The molecule has 1 unspecified atom stereocenters. The van der Waals surface area contributed by atoms with E-state index in [9.17, 15) is 9.90 Å². The smallest absolute Gasteiger partial charge is 0.220 e. The molecule has 1 atom stereocenters. The molecule has 4 heteroatoms. The molecule has 116 valence electrons. The summed E-state index contributed by atoms with van der Waals surface area (Å²) in [5, 5.41) is 12.4. The Morgan fingerprint density at radius 1 is 1.29 bits per heavy atom. The molecular formula is C17H26N2O2. The summed E-state index contributed by atoms with van der Waals surface area (Å²) in [6, 6.07) is 3.77. The Bertz CT molecular complexity index is 416. The van der Waals surface area contributed by atoms with E-state index in [0.717, 1.165) is 18.4 Å². The fraction of sp³-hybridized carbons (Fsp3) is 0.647. The maximum absolute atomic E-state index is 12.0.